The molecule has 0 spiro atoms. The number of halogens is 1. The molecule has 0 aliphatic heterocycles. The Morgan fingerprint density at radius 3 is 2.74 bits per heavy atom. The van der Waals surface area contributed by atoms with Crippen molar-refractivity contribution in [1.82, 2.24) is 5.32 Å². The lowest BCUT2D eigenvalue weighted by Gasteiger charge is -2.24. The average molecular weight is 264 g/mol. The normalized spacial score (nSPS) is 11.3. The Bertz CT molecular complexity index is 452. The second kappa shape index (κ2) is 7.22. The number of nitriles is 1. The Balaban J connectivity index is 2.49. The highest BCUT2D eigenvalue weighted by atomic mass is 19.1. The Kier molecular flexibility index (Phi) is 5.94. The molecule has 0 fully saturated rings. The topological polar surface area (TPSA) is 56.0 Å². The molecule has 1 aromatic rings. The van der Waals surface area contributed by atoms with Crippen molar-refractivity contribution in [2.24, 2.45) is 5.41 Å². The van der Waals surface area contributed by atoms with E-state index in [0.717, 1.165) is 24.9 Å². The number of nitrogens with zero attached hydrogens (tertiary/aromatic N) is 1. The minimum Gasteiger partial charge on any atom is -0.396 e. The number of rotatable bonds is 7. The van der Waals surface area contributed by atoms with Gasteiger partial charge in [0.1, 0.15) is 5.82 Å². The van der Waals surface area contributed by atoms with Crippen LogP contribution in [0, 0.1) is 22.6 Å². The molecule has 0 aliphatic rings. The monoisotopic (exact) mass is 264 g/mol. The third-order valence-electron chi connectivity index (χ3n) is 3.03. The van der Waals surface area contributed by atoms with Gasteiger partial charge in [-0.3, -0.25) is 0 Å². The maximum Gasteiger partial charge on any atom is 0.124 e. The van der Waals surface area contributed by atoms with Crippen molar-refractivity contribution in [3.05, 3.63) is 35.1 Å². The zero-order valence-corrected chi connectivity index (χ0v) is 11.5. The van der Waals surface area contributed by atoms with Gasteiger partial charge < -0.3 is 10.4 Å². The molecule has 0 bridgehead atoms. The Labute approximate surface area is 114 Å². The minimum absolute atomic E-state index is 0.0914. The SMILES string of the molecule is CC(C)(CCCO)CNCc1cc(F)cc(C#N)c1. The second-order valence-corrected chi connectivity index (χ2v) is 5.55. The number of benzene rings is 1. The number of hydrogen-bond donors (Lipinski definition) is 2. The highest BCUT2D eigenvalue weighted by Gasteiger charge is 2.16. The number of aliphatic hydroxyl groups is 1. The highest BCUT2D eigenvalue weighted by molar-refractivity contribution is 5.33. The van der Waals surface area contributed by atoms with Crippen LogP contribution in [-0.2, 0) is 6.54 Å². The summed E-state index contributed by atoms with van der Waals surface area (Å²) in [7, 11) is 0. The molecule has 0 atom stereocenters. The van der Waals surface area contributed by atoms with E-state index in [-0.39, 0.29) is 17.8 Å². The summed E-state index contributed by atoms with van der Waals surface area (Å²) in [6.45, 7) is 5.78. The summed E-state index contributed by atoms with van der Waals surface area (Å²) >= 11 is 0. The summed E-state index contributed by atoms with van der Waals surface area (Å²) in [5.74, 6) is -0.379. The van der Waals surface area contributed by atoms with E-state index in [1.54, 1.807) is 6.07 Å². The molecule has 0 heterocycles. The van der Waals surface area contributed by atoms with Crippen molar-refractivity contribution >= 4 is 0 Å². The molecule has 3 nitrogen and oxygen atoms in total. The number of aliphatic hydroxyl groups excluding tert-OH is 1. The van der Waals surface area contributed by atoms with Gasteiger partial charge in [-0.15, -0.1) is 0 Å². The van der Waals surface area contributed by atoms with Crippen molar-refractivity contribution in [2.45, 2.75) is 33.2 Å². The predicted octanol–water partition coefficient (Wildman–Crippen LogP) is 2.59. The average Bonchev–Trinajstić information content (AvgIpc) is 2.35. The molecule has 2 N–H and O–H groups in total. The summed E-state index contributed by atoms with van der Waals surface area (Å²) in [6, 6.07) is 6.31. The van der Waals surface area contributed by atoms with Crippen LogP contribution in [0.15, 0.2) is 18.2 Å². The maximum absolute atomic E-state index is 13.2. The van der Waals surface area contributed by atoms with Crippen LogP contribution in [0.1, 0.15) is 37.8 Å². The van der Waals surface area contributed by atoms with Crippen LogP contribution in [0.2, 0.25) is 0 Å². The predicted molar refractivity (Wildman–Crippen MR) is 72.9 cm³/mol. The molecular formula is C15H21FN2O. The molecule has 0 aliphatic carbocycles. The van der Waals surface area contributed by atoms with Gasteiger partial charge in [0.15, 0.2) is 0 Å². The summed E-state index contributed by atoms with van der Waals surface area (Å²) < 4.78 is 13.2. The van der Waals surface area contributed by atoms with Crippen LogP contribution in [0.25, 0.3) is 0 Å². The van der Waals surface area contributed by atoms with Crippen LogP contribution in [0.5, 0.6) is 0 Å². The zero-order chi connectivity index (χ0) is 14.3. The van der Waals surface area contributed by atoms with Crippen molar-refractivity contribution < 1.29 is 9.50 Å². The molecule has 1 aromatic carbocycles. The third-order valence-corrected chi connectivity index (χ3v) is 3.03. The van der Waals surface area contributed by atoms with Gasteiger partial charge in [0.05, 0.1) is 11.6 Å². The third kappa shape index (κ3) is 5.82. The molecular weight excluding hydrogens is 243 g/mol. The molecule has 0 saturated carbocycles. The van der Waals surface area contributed by atoms with Crippen LogP contribution < -0.4 is 5.32 Å². The molecule has 19 heavy (non-hydrogen) atoms. The molecule has 0 amide bonds. The number of hydrogen-bond acceptors (Lipinski definition) is 3. The summed E-state index contributed by atoms with van der Waals surface area (Å²) in [5.41, 5.74) is 1.21. The van der Waals surface area contributed by atoms with Gasteiger partial charge in [-0.25, -0.2) is 4.39 Å². The van der Waals surface area contributed by atoms with E-state index < -0.39 is 0 Å². The van der Waals surface area contributed by atoms with Gasteiger partial charge in [-0.05, 0) is 42.0 Å². The molecule has 0 aromatic heterocycles. The second-order valence-electron chi connectivity index (χ2n) is 5.55. The fourth-order valence-electron chi connectivity index (χ4n) is 2.01. The van der Waals surface area contributed by atoms with Crippen LogP contribution in [0.4, 0.5) is 4.39 Å². The van der Waals surface area contributed by atoms with E-state index in [9.17, 15) is 4.39 Å². The fraction of sp³-hybridized carbons (Fsp3) is 0.533. The van der Waals surface area contributed by atoms with Gasteiger partial charge in [-0.2, -0.15) is 5.26 Å². The first-order valence-electron chi connectivity index (χ1n) is 6.48. The van der Waals surface area contributed by atoms with Gasteiger partial charge in [0.2, 0.25) is 0 Å². The first kappa shape index (κ1) is 15.6. The van der Waals surface area contributed by atoms with Gasteiger partial charge >= 0.3 is 0 Å². The number of nitrogens with one attached hydrogen (secondary N) is 1. The van der Waals surface area contributed by atoms with E-state index in [0.29, 0.717) is 12.1 Å². The van der Waals surface area contributed by atoms with E-state index in [4.69, 9.17) is 10.4 Å². The molecule has 104 valence electrons. The first-order chi connectivity index (χ1) is 8.96. The molecule has 0 unspecified atom stereocenters. The van der Waals surface area contributed by atoms with Crippen molar-refractivity contribution in [1.29, 1.82) is 5.26 Å². The summed E-state index contributed by atoms with van der Waals surface area (Å²) in [6.07, 6.45) is 1.72. The molecule has 1 rings (SSSR count). The van der Waals surface area contributed by atoms with Gasteiger partial charge in [-0.1, -0.05) is 13.8 Å². The molecule has 4 heteroatoms. The lowest BCUT2D eigenvalue weighted by atomic mass is 9.88. The lowest BCUT2D eigenvalue weighted by Crippen LogP contribution is -2.29. The van der Waals surface area contributed by atoms with Crippen LogP contribution in [-0.4, -0.2) is 18.3 Å². The van der Waals surface area contributed by atoms with Crippen molar-refractivity contribution in [3.8, 4) is 6.07 Å². The smallest absolute Gasteiger partial charge is 0.124 e. The van der Waals surface area contributed by atoms with Crippen LogP contribution in [0.3, 0.4) is 0 Å². The lowest BCUT2D eigenvalue weighted by molar-refractivity contribution is 0.236. The first-order valence-corrected chi connectivity index (χ1v) is 6.48. The Hall–Kier alpha value is -1.44. The van der Waals surface area contributed by atoms with E-state index >= 15 is 0 Å². The van der Waals surface area contributed by atoms with Crippen molar-refractivity contribution in [2.75, 3.05) is 13.2 Å². The Morgan fingerprint density at radius 2 is 2.11 bits per heavy atom. The largest absolute Gasteiger partial charge is 0.396 e. The quantitative estimate of drug-likeness (QED) is 0.796. The van der Waals surface area contributed by atoms with E-state index in [1.807, 2.05) is 6.07 Å². The zero-order valence-electron chi connectivity index (χ0n) is 11.5. The summed E-state index contributed by atoms with van der Waals surface area (Å²) in [4.78, 5) is 0. The summed E-state index contributed by atoms with van der Waals surface area (Å²) in [5, 5.41) is 20.9. The maximum atomic E-state index is 13.2. The van der Waals surface area contributed by atoms with Gasteiger partial charge in [0.25, 0.3) is 0 Å². The standard InChI is InChI=1S/C15H21FN2O/c1-15(2,4-3-5-19)11-18-10-13-6-12(9-17)7-14(16)8-13/h6-8,18-19H,3-5,10-11H2,1-2H3. The van der Waals surface area contributed by atoms with Crippen molar-refractivity contribution in [3.63, 3.8) is 0 Å². The highest BCUT2D eigenvalue weighted by Crippen LogP contribution is 2.21. The van der Waals surface area contributed by atoms with E-state index in [1.165, 1.54) is 12.1 Å². The molecule has 0 saturated heterocycles. The minimum atomic E-state index is -0.379. The van der Waals surface area contributed by atoms with E-state index in [2.05, 4.69) is 19.2 Å². The van der Waals surface area contributed by atoms with Gasteiger partial charge in [0, 0.05) is 19.7 Å². The van der Waals surface area contributed by atoms with Crippen LogP contribution >= 0.6 is 0 Å². The fourth-order valence-corrected chi connectivity index (χ4v) is 2.01. The molecule has 0 radical (unpaired) electrons. The Morgan fingerprint density at radius 1 is 1.37 bits per heavy atom.